The number of nitrogens with one attached hydrogen (secondary N) is 1. The summed E-state index contributed by atoms with van der Waals surface area (Å²) in [5, 5.41) is 3.07. The molecule has 0 spiro atoms. The van der Waals surface area contributed by atoms with Gasteiger partial charge in [-0.25, -0.2) is 9.97 Å². The number of halogens is 1. The van der Waals surface area contributed by atoms with Crippen LogP contribution < -0.4 is 10.2 Å². The maximum atomic E-state index is 5.91. The number of hydrogen-bond acceptors (Lipinski definition) is 5. The molecule has 0 fully saturated rings. The van der Waals surface area contributed by atoms with Crippen LogP contribution in [0.25, 0.3) is 0 Å². The van der Waals surface area contributed by atoms with Crippen LogP contribution in [-0.2, 0) is 13.1 Å². The van der Waals surface area contributed by atoms with E-state index in [1.807, 2.05) is 43.5 Å². The lowest BCUT2D eigenvalue weighted by Gasteiger charge is -2.15. The Morgan fingerprint density at radius 2 is 2.06 bits per heavy atom. The van der Waals surface area contributed by atoms with Gasteiger partial charge in [-0.3, -0.25) is 0 Å². The average molecular weight is 283 g/mol. The van der Waals surface area contributed by atoms with Crippen molar-refractivity contribution in [3.8, 4) is 0 Å². The topological polar surface area (TPSA) is 41.1 Å². The maximum Gasteiger partial charge on any atom is 0.225 e. The second kappa shape index (κ2) is 6.13. The monoisotopic (exact) mass is 282 g/mol. The third kappa shape index (κ3) is 3.41. The van der Waals surface area contributed by atoms with Gasteiger partial charge < -0.3 is 10.2 Å². The Kier molecular flexibility index (Phi) is 4.52. The van der Waals surface area contributed by atoms with Crippen LogP contribution in [0.4, 0.5) is 5.95 Å². The van der Waals surface area contributed by atoms with Crippen LogP contribution in [0.2, 0.25) is 4.34 Å². The fourth-order valence-corrected chi connectivity index (χ4v) is 2.72. The zero-order valence-electron chi connectivity index (χ0n) is 10.4. The highest BCUT2D eigenvalue weighted by Gasteiger charge is 2.06. The zero-order chi connectivity index (χ0) is 13.0. The molecule has 0 saturated carbocycles. The molecule has 4 nitrogen and oxygen atoms in total. The lowest BCUT2D eigenvalue weighted by atomic mass is 10.3. The summed E-state index contributed by atoms with van der Waals surface area (Å²) in [7, 11) is 3.88. The van der Waals surface area contributed by atoms with E-state index in [1.54, 1.807) is 11.3 Å². The Bertz CT molecular complexity index is 497. The molecule has 2 aromatic rings. The predicted octanol–water partition coefficient (Wildman–Crippen LogP) is 2.55. The highest BCUT2D eigenvalue weighted by molar-refractivity contribution is 7.16. The van der Waals surface area contributed by atoms with Crippen LogP contribution in [0.1, 0.15) is 10.4 Å². The molecule has 0 bridgehead atoms. The molecular formula is C12H15ClN4S. The molecular weight excluding hydrogens is 268 g/mol. The predicted molar refractivity (Wildman–Crippen MR) is 76.2 cm³/mol. The van der Waals surface area contributed by atoms with Gasteiger partial charge in [0, 0.05) is 36.4 Å². The first kappa shape index (κ1) is 13.3. The number of anilines is 1. The Balaban J connectivity index is 2.02. The molecule has 0 aliphatic rings. The van der Waals surface area contributed by atoms with Crippen LogP contribution in [0.15, 0.2) is 24.5 Å². The zero-order valence-corrected chi connectivity index (χ0v) is 11.9. The molecule has 6 heteroatoms. The van der Waals surface area contributed by atoms with Gasteiger partial charge in [-0.1, -0.05) is 11.6 Å². The van der Waals surface area contributed by atoms with Gasteiger partial charge >= 0.3 is 0 Å². The highest BCUT2D eigenvalue weighted by atomic mass is 35.5. The summed E-state index contributed by atoms with van der Waals surface area (Å²) < 4.78 is 0.809. The van der Waals surface area contributed by atoms with Crippen molar-refractivity contribution >= 4 is 28.9 Å². The summed E-state index contributed by atoms with van der Waals surface area (Å²) in [6, 6.07) is 3.94. The van der Waals surface area contributed by atoms with Crippen LogP contribution in [0.5, 0.6) is 0 Å². The van der Waals surface area contributed by atoms with Crippen molar-refractivity contribution in [2.75, 3.05) is 19.0 Å². The second-order valence-corrected chi connectivity index (χ2v) is 5.78. The fraction of sp³-hybridized carbons (Fsp3) is 0.333. The molecule has 0 radical (unpaired) electrons. The minimum Gasteiger partial charge on any atom is -0.339 e. The number of nitrogens with zero attached hydrogens (tertiary/aromatic N) is 3. The quantitative estimate of drug-likeness (QED) is 0.915. The molecule has 0 aromatic carbocycles. The first-order valence-corrected chi connectivity index (χ1v) is 6.79. The van der Waals surface area contributed by atoms with Gasteiger partial charge in [0.15, 0.2) is 0 Å². The molecule has 0 unspecified atom stereocenters. The van der Waals surface area contributed by atoms with Crippen molar-refractivity contribution in [3.05, 3.63) is 39.3 Å². The van der Waals surface area contributed by atoms with Crippen molar-refractivity contribution < 1.29 is 0 Å². The van der Waals surface area contributed by atoms with E-state index in [4.69, 9.17) is 11.6 Å². The van der Waals surface area contributed by atoms with Gasteiger partial charge in [-0.05, 0) is 19.2 Å². The minimum absolute atomic E-state index is 0.722. The molecule has 96 valence electrons. The number of thiophene rings is 1. The lowest BCUT2D eigenvalue weighted by Crippen LogP contribution is -2.18. The van der Waals surface area contributed by atoms with E-state index < -0.39 is 0 Å². The Labute approximate surface area is 116 Å². The van der Waals surface area contributed by atoms with Gasteiger partial charge in [0.2, 0.25) is 5.95 Å². The van der Waals surface area contributed by atoms with Crippen molar-refractivity contribution in [1.82, 2.24) is 15.3 Å². The van der Waals surface area contributed by atoms with Gasteiger partial charge in [0.05, 0.1) is 10.9 Å². The normalized spacial score (nSPS) is 10.6. The molecule has 2 heterocycles. The molecule has 0 atom stereocenters. The van der Waals surface area contributed by atoms with Crippen LogP contribution in [-0.4, -0.2) is 24.1 Å². The molecule has 0 aliphatic carbocycles. The molecule has 0 amide bonds. The number of rotatable bonds is 5. The summed E-state index contributed by atoms with van der Waals surface area (Å²) in [5.41, 5.74) is 1.08. The summed E-state index contributed by atoms with van der Waals surface area (Å²) in [5.74, 6) is 0.722. The van der Waals surface area contributed by atoms with E-state index in [9.17, 15) is 0 Å². The fourth-order valence-electron chi connectivity index (χ4n) is 1.58. The van der Waals surface area contributed by atoms with Crippen LogP contribution >= 0.6 is 22.9 Å². The van der Waals surface area contributed by atoms with Crippen molar-refractivity contribution in [1.29, 1.82) is 0 Å². The largest absolute Gasteiger partial charge is 0.339 e. The van der Waals surface area contributed by atoms with Gasteiger partial charge in [0.25, 0.3) is 0 Å². The Hall–Kier alpha value is -1.17. The van der Waals surface area contributed by atoms with Crippen molar-refractivity contribution in [3.63, 3.8) is 0 Å². The summed E-state index contributed by atoms with van der Waals surface area (Å²) >= 11 is 7.49. The molecule has 0 saturated heterocycles. The lowest BCUT2D eigenvalue weighted by molar-refractivity contribution is 0.798. The standard InChI is InChI=1S/C12H15ClN4S/c1-14-5-9-6-15-12(16-7-9)17(2)8-10-3-4-11(13)18-10/h3-4,6-7,14H,5,8H2,1-2H3. The third-order valence-corrected chi connectivity index (χ3v) is 3.65. The van der Waals surface area contributed by atoms with Gasteiger partial charge in [-0.2, -0.15) is 0 Å². The number of hydrogen-bond donors (Lipinski definition) is 1. The molecule has 1 N–H and O–H groups in total. The van der Waals surface area contributed by atoms with Crippen molar-refractivity contribution in [2.45, 2.75) is 13.1 Å². The van der Waals surface area contributed by atoms with Gasteiger partial charge in [-0.15, -0.1) is 11.3 Å². The second-order valence-electron chi connectivity index (χ2n) is 3.98. The summed E-state index contributed by atoms with van der Waals surface area (Å²) in [6.45, 7) is 1.55. The van der Waals surface area contributed by atoms with E-state index in [2.05, 4.69) is 15.3 Å². The van der Waals surface area contributed by atoms with E-state index >= 15 is 0 Å². The summed E-state index contributed by atoms with van der Waals surface area (Å²) in [6.07, 6.45) is 3.69. The van der Waals surface area contributed by atoms with E-state index in [0.29, 0.717) is 0 Å². The van der Waals surface area contributed by atoms with E-state index in [1.165, 1.54) is 4.88 Å². The first-order valence-electron chi connectivity index (χ1n) is 5.60. The molecule has 2 rings (SSSR count). The van der Waals surface area contributed by atoms with E-state index in [0.717, 1.165) is 28.9 Å². The summed E-state index contributed by atoms with van der Waals surface area (Å²) in [4.78, 5) is 11.9. The number of aromatic nitrogens is 2. The smallest absolute Gasteiger partial charge is 0.225 e. The first-order chi connectivity index (χ1) is 8.69. The molecule has 18 heavy (non-hydrogen) atoms. The molecule has 2 aromatic heterocycles. The highest BCUT2D eigenvalue weighted by Crippen LogP contribution is 2.23. The Morgan fingerprint density at radius 1 is 1.33 bits per heavy atom. The van der Waals surface area contributed by atoms with Gasteiger partial charge in [0.1, 0.15) is 0 Å². The van der Waals surface area contributed by atoms with Crippen LogP contribution in [0.3, 0.4) is 0 Å². The van der Waals surface area contributed by atoms with E-state index in [-0.39, 0.29) is 0 Å². The SMILES string of the molecule is CNCc1cnc(N(C)Cc2ccc(Cl)s2)nc1. The Morgan fingerprint density at radius 3 is 2.61 bits per heavy atom. The molecule has 0 aliphatic heterocycles. The maximum absolute atomic E-state index is 5.91. The van der Waals surface area contributed by atoms with Crippen LogP contribution in [0, 0.1) is 0 Å². The minimum atomic E-state index is 0.722. The third-order valence-electron chi connectivity index (χ3n) is 2.44. The van der Waals surface area contributed by atoms with Crippen molar-refractivity contribution in [2.24, 2.45) is 0 Å². The average Bonchev–Trinajstić information content (AvgIpc) is 2.76.